The van der Waals surface area contributed by atoms with E-state index in [1.54, 1.807) is 0 Å². The summed E-state index contributed by atoms with van der Waals surface area (Å²) in [4.78, 5) is 18.1. The molecule has 0 saturated carbocycles. The number of anilines is 1. The fourth-order valence-corrected chi connectivity index (χ4v) is 2.77. The highest BCUT2D eigenvalue weighted by Crippen LogP contribution is 2.09. The number of rotatable bonds is 8. The number of hydrogen-bond donors (Lipinski definition) is 2. The van der Waals surface area contributed by atoms with E-state index in [-0.39, 0.29) is 24.0 Å². The van der Waals surface area contributed by atoms with E-state index in [0.29, 0.717) is 6.04 Å². The molecular weight excluding hydrogens is 441 g/mol. The number of halogens is 1. The van der Waals surface area contributed by atoms with Gasteiger partial charge in [-0.3, -0.25) is 9.89 Å². The Kier molecular flexibility index (Phi) is 11.5. The van der Waals surface area contributed by atoms with Gasteiger partial charge in [0.05, 0.1) is 0 Å². The van der Waals surface area contributed by atoms with Gasteiger partial charge in [-0.2, -0.15) is 0 Å². The fraction of sp³-hybridized carbons (Fsp3) is 0.722. The number of aliphatic imine (C=N–C) groups is 1. The van der Waals surface area contributed by atoms with Crippen LogP contribution in [0.4, 0.5) is 5.95 Å². The lowest BCUT2D eigenvalue weighted by molar-refractivity contribution is 0.255. The Hall–Kier alpha value is -1.16. The van der Waals surface area contributed by atoms with Gasteiger partial charge in [-0.15, -0.1) is 24.0 Å². The quantitative estimate of drug-likeness (QED) is 0.259. The highest BCUT2D eigenvalue weighted by atomic mass is 127. The van der Waals surface area contributed by atoms with Crippen molar-refractivity contribution in [2.75, 3.05) is 50.7 Å². The second-order valence-electron chi connectivity index (χ2n) is 6.45. The first-order chi connectivity index (χ1) is 12.2. The maximum atomic E-state index is 4.69. The van der Waals surface area contributed by atoms with Crippen molar-refractivity contribution in [2.45, 2.75) is 39.7 Å². The van der Waals surface area contributed by atoms with E-state index >= 15 is 0 Å². The van der Waals surface area contributed by atoms with Gasteiger partial charge in [-0.1, -0.05) is 6.92 Å². The summed E-state index contributed by atoms with van der Waals surface area (Å²) in [5.41, 5.74) is 0. The number of piperazine rings is 1. The van der Waals surface area contributed by atoms with E-state index in [4.69, 9.17) is 0 Å². The van der Waals surface area contributed by atoms with E-state index in [0.717, 1.165) is 70.6 Å². The van der Waals surface area contributed by atoms with Crippen molar-refractivity contribution >= 4 is 35.9 Å². The van der Waals surface area contributed by atoms with E-state index in [1.165, 1.54) is 0 Å². The smallest absolute Gasteiger partial charge is 0.225 e. The minimum atomic E-state index is 0. The summed E-state index contributed by atoms with van der Waals surface area (Å²) in [6, 6.07) is 2.31. The lowest BCUT2D eigenvalue weighted by Gasteiger charge is -2.34. The van der Waals surface area contributed by atoms with Gasteiger partial charge in [0.1, 0.15) is 0 Å². The van der Waals surface area contributed by atoms with Gasteiger partial charge in [0.2, 0.25) is 5.95 Å². The van der Waals surface area contributed by atoms with Gasteiger partial charge < -0.3 is 15.5 Å². The minimum Gasteiger partial charge on any atom is -0.357 e. The Morgan fingerprint density at radius 2 is 1.88 bits per heavy atom. The second kappa shape index (κ2) is 13.1. The summed E-state index contributed by atoms with van der Waals surface area (Å²) >= 11 is 0. The average Bonchev–Trinajstić information content (AvgIpc) is 2.66. The normalized spacial score (nSPS) is 16.7. The zero-order valence-electron chi connectivity index (χ0n) is 16.3. The summed E-state index contributed by atoms with van der Waals surface area (Å²) in [5, 5.41) is 6.75. The monoisotopic (exact) mass is 475 g/mol. The number of guanidine groups is 1. The molecule has 0 spiro atoms. The number of aromatic nitrogens is 2. The zero-order chi connectivity index (χ0) is 17.9. The third-order valence-corrected chi connectivity index (χ3v) is 4.45. The molecule has 0 amide bonds. The van der Waals surface area contributed by atoms with Crippen LogP contribution in [0.5, 0.6) is 0 Å². The van der Waals surface area contributed by atoms with Crippen LogP contribution in [0.3, 0.4) is 0 Å². The molecule has 1 aromatic rings. The van der Waals surface area contributed by atoms with Crippen molar-refractivity contribution in [1.29, 1.82) is 0 Å². The van der Waals surface area contributed by atoms with E-state index in [9.17, 15) is 0 Å². The first-order valence-electron chi connectivity index (χ1n) is 9.52. The van der Waals surface area contributed by atoms with Crippen molar-refractivity contribution in [3.05, 3.63) is 18.5 Å². The molecule has 2 rings (SSSR count). The van der Waals surface area contributed by atoms with Crippen LogP contribution in [0.1, 0.15) is 33.6 Å². The van der Waals surface area contributed by atoms with Crippen LogP contribution in [-0.4, -0.2) is 72.7 Å². The van der Waals surface area contributed by atoms with E-state index in [2.05, 4.69) is 56.2 Å². The van der Waals surface area contributed by atoms with Crippen LogP contribution in [0.25, 0.3) is 0 Å². The van der Waals surface area contributed by atoms with Gasteiger partial charge in [-0.25, -0.2) is 9.97 Å². The van der Waals surface area contributed by atoms with Crippen molar-refractivity contribution in [3.63, 3.8) is 0 Å². The molecule has 1 aliphatic heterocycles. The number of nitrogens with zero attached hydrogens (tertiary/aromatic N) is 5. The topological polar surface area (TPSA) is 68.7 Å². The summed E-state index contributed by atoms with van der Waals surface area (Å²) in [7, 11) is 0. The van der Waals surface area contributed by atoms with E-state index in [1.807, 2.05) is 18.5 Å². The summed E-state index contributed by atoms with van der Waals surface area (Å²) < 4.78 is 0. The molecule has 2 heterocycles. The first kappa shape index (κ1) is 22.9. The van der Waals surface area contributed by atoms with Gasteiger partial charge in [0.15, 0.2) is 5.96 Å². The molecule has 1 saturated heterocycles. The summed E-state index contributed by atoms with van der Waals surface area (Å²) in [6.45, 7) is 13.4. The average molecular weight is 475 g/mol. The molecule has 26 heavy (non-hydrogen) atoms. The minimum absolute atomic E-state index is 0. The maximum Gasteiger partial charge on any atom is 0.225 e. The number of hydrogen-bond acceptors (Lipinski definition) is 5. The third-order valence-electron chi connectivity index (χ3n) is 4.45. The zero-order valence-corrected chi connectivity index (χ0v) is 18.6. The molecule has 0 bridgehead atoms. The van der Waals surface area contributed by atoms with Crippen LogP contribution in [0.2, 0.25) is 0 Å². The fourth-order valence-electron chi connectivity index (χ4n) is 2.77. The Labute approximate surface area is 175 Å². The molecule has 1 aromatic heterocycles. The second-order valence-corrected chi connectivity index (χ2v) is 6.45. The summed E-state index contributed by atoms with van der Waals surface area (Å²) in [5.74, 6) is 1.78. The summed E-state index contributed by atoms with van der Waals surface area (Å²) in [6.07, 6.45) is 5.79. The molecule has 2 N–H and O–H groups in total. The highest BCUT2D eigenvalue weighted by molar-refractivity contribution is 14.0. The van der Waals surface area contributed by atoms with Crippen molar-refractivity contribution in [3.8, 4) is 0 Å². The Morgan fingerprint density at radius 3 is 2.50 bits per heavy atom. The van der Waals surface area contributed by atoms with Crippen molar-refractivity contribution in [1.82, 2.24) is 25.5 Å². The Balaban J connectivity index is 0.00000338. The van der Waals surface area contributed by atoms with Crippen LogP contribution in [0.15, 0.2) is 23.5 Å². The van der Waals surface area contributed by atoms with Crippen molar-refractivity contribution in [2.24, 2.45) is 4.99 Å². The molecule has 148 valence electrons. The predicted molar refractivity (Wildman–Crippen MR) is 120 cm³/mol. The number of nitrogens with one attached hydrogen (secondary N) is 2. The molecule has 0 aromatic carbocycles. The molecular formula is C18H34IN7. The lowest BCUT2D eigenvalue weighted by atomic mass is 10.3. The molecule has 1 aliphatic rings. The van der Waals surface area contributed by atoms with Gasteiger partial charge in [0, 0.05) is 64.2 Å². The molecule has 0 aliphatic carbocycles. The predicted octanol–water partition coefficient (Wildman–Crippen LogP) is 1.96. The molecule has 0 radical (unpaired) electrons. The van der Waals surface area contributed by atoms with Crippen LogP contribution >= 0.6 is 24.0 Å². The standard InChI is InChI=1S/C18H33N7.HI/c1-4-16(3)23-17(19-5-2)20-10-7-11-24-12-14-25(15-13-24)18-21-8-6-9-22-18;/h6,8-9,16H,4-5,7,10-15H2,1-3H3,(H2,19,20,23);1H. The molecule has 7 nitrogen and oxygen atoms in total. The molecule has 1 unspecified atom stereocenters. The van der Waals surface area contributed by atoms with E-state index < -0.39 is 0 Å². The van der Waals surface area contributed by atoms with Gasteiger partial charge in [0.25, 0.3) is 0 Å². The maximum absolute atomic E-state index is 4.69. The highest BCUT2D eigenvalue weighted by Gasteiger charge is 2.18. The Bertz CT molecular complexity index is 504. The molecule has 1 fully saturated rings. The van der Waals surface area contributed by atoms with Crippen LogP contribution < -0.4 is 15.5 Å². The molecule has 1 atom stereocenters. The third kappa shape index (κ3) is 8.03. The lowest BCUT2D eigenvalue weighted by Crippen LogP contribution is -2.47. The van der Waals surface area contributed by atoms with Crippen LogP contribution in [-0.2, 0) is 0 Å². The SMILES string of the molecule is CCNC(=NCCCN1CCN(c2ncccn2)CC1)NC(C)CC.I. The van der Waals surface area contributed by atoms with Gasteiger partial charge in [-0.05, 0) is 32.8 Å². The molecule has 8 heteroatoms. The first-order valence-corrected chi connectivity index (χ1v) is 9.52. The largest absolute Gasteiger partial charge is 0.357 e. The van der Waals surface area contributed by atoms with Gasteiger partial charge >= 0.3 is 0 Å². The Morgan fingerprint density at radius 1 is 1.19 bits per heavy atom. The van der Waals surface area contributed by atoms with Crippen LogP contribution in [0, 0.1) is 0 Å². The van der Waals surface area contributed by atoms with Crippen molar-refractivity contribution < 1.29 is 0 Å².